The number of thiazole rings is 1. The topological polar surface area (TPSA) is 60.3 Å². The molecule has 0 unspecified atom stereocenters. The average Bonchev–Trinajstić information content (AvgIpc) is 2.86. The molecule has 5 nitrogen and oxygen atoms in total. The van der Waals surface area contributed by atoms with Gasteiger partial charge >= 0.3 is 4.87 Å². The number of aromatic nitrogens is 1. The minimum absolute atomic E-state index is 0.0569. The van der Waals surface area contributed by atoms with Crippen molar-refractivity contribution in [3.63, 3.8) is 0 Å². The molecule has 0 aliphatic heterocycles. The number of rotatable bonds is 5. The van der Waals surface area contributed by atoms with Crippen molar-refractivity contribution in [3.05, 3.63) is 20.7 Å². The molecule has 2 fully saturated rings. The second-order valence-electron chi connectivity index (χ2n) is 6.82. The van der Waals surface area contributed by atoms with E-state index >= 15 is 0 Å². The van der Waals surface area contributed by atoms with Gasteiger partial charge in [0, 0.05) is 29.1 Å². The molecule has 2 atom stereocenters. The molecular formula is C17H26N2O3S. The van der Waals surface area contributed by atoms with Crippen LogP contribution in [0.5, 0.6) is 0 Å². The fourth-order valence-corrected chi connectivity index (χ4v) is 4.98. The van der Waals surface area contributed by atoms with Gasteiger partial charge in [-0.3, -0.25) is 14.2 Å². The summed E-state index contributed by atoms with van der Waals surface area (Å²) in [5.74, 6) is -0.0569. The van der Waals surface area contributed by atoms with E-state index in [1.165, 1.54) is 19.3 Å². The van der Waals surface area contributed by atoms with Crippen LogP contribution in [0, 0.1) is 12.3 Å². The summed E-state index contributed by atoms with van der Waals surface area (Å²) < 4.78 is 7.47. The Morgan fingerprint density at radius 3 is 2.78 bits per heavy atom. The average molecular weight is 338 g/mol. The summed E-state index contributed by atoms with van der Waals surface area (Å²) in [7, 11) is 0. The first-order valence-electron chi connectivity index (χ1n) is 8.62. The monoisotopic (exact) mass is 338 g/mol. The Labute approximate surface area is 141 Å². The van der Waals surface area contributed by atoms with Crippen molar-refractivity contribution in [1.29, 1.82) is 0 Å². The van der Waals surface area contributed by atoms with Crippen molar-refractivity contribution >= 4 is 17.2 Å². The molecule has 2 aliphatic rings. The summed E-state index contributed by atoms with van der Waals surface area (Å²) in [4.78, 5) is 24.1. The lowest BCUT2D eigenvalue weighted by Crippen LogP contribution is -2.65. The van der Waals surface area contributed by atoms with Gasteiger partial charge in [-0.25, -0.2) is 0 Å². The van der Waals surface area contributed by atoms with Gasteiger partial charge in [0.25, 0.3) is 0 Å². The molecule has 2 aliphatic carbocycles. The Morgan fingerprint density at radius 2 is 2.17 bits per heavy atom. The highest BCUT2D eigenvalue weighted by molar-refractivity contribution is 7.07. The van der Waals surface area contributed by atoms with Gasteiger partial charge in [-0.1, -0.05) is 30.6 Å². The maximum Gasteiger partial charge on any atom is 0.307 e. The standard InChI is InChI=1S/C17H26N2O3S/c1-3-22-14-9-13(17(14)7-5-4-6-8-17)18-15(20)10-19-12(2)11-23-16(19)21/h11,13-14H,3-10H2,1-2H3,(H,18,20)/t13-,14-/m0/s1. The van der Waals surface area contributed by atoms with Crippen LogP contribution in [-0.2, 0) is 16.1 Å². The number of aryl methyl sites for hydroxylation is 1. The number of ether oxygens (including phenoxy) is 1. The smallest absolute Gasteiger partial charge is 0.307 e. The Balaban J connectivity index is 1.65. The summed E-state index contributed by atoms with van der Waals surface area (Å²) in [5, 5.41) is 4.98. The highest BCUT2D eigenvalue weighted by Gasteiger charge is 2.56. The predicted molar refractivity (Wildman–Crippen MR) is 90.8 cm³/mol. The zero-order valence-electron chi connectivity index (χ0n) is 14.0. The number of nitrogens with zero attached hydrogens (tertiary/aromatic N) is 1. The Kier molecular flexibility index (Phi) is 4.92. The number of carbonyl (C=O) groups is 1. The summed E-state index contributed by atoms with van der Waals surface area (Å²) in [5.41, 5.74) is 0.974. The zero-order chi connectivity index (χ0) is 16.4. The first-order valence-corrected chi connectivity index (χ1v) is 9.50. The van der Waals surface area contributed by atoms with Gasteiger partial charge in [0.2, 0.25) is 5.91 Å². The zero-order valence-corrected chi connectivity index (χ0v) is 14.8. The molecule has 1 aromatic rings. The number of hydrogen-bond donors (Lipinski definition) is 1. The molecule has 1 N–H and O–H groups in total. The maximum atomic E-state index is 12.4. The second-order valence-corrected chi connectivity index (χ2v) is 7.64. The highest BCUT2D eigenvalue weighted by Crippen LogP contribution is 2.53. The molecule has 0 radical (unpaired) electrons. The van der Waals surface area contributed by atoms with E-state index in [4.69, 9.17) is 4.74 Å². The molecule has 0 aromatic carbocycles. The molecule has 0 bridgehead atoms. The lowest BCUT2D eigenvalue weighted by molar-refractivity contribution is -0.157. The number of hydrogen-bond acceptors (Lipinski definition) is 4. The van der Waals surface area contributed by atoms with E-state index in [0.717, 1.165) is 42.9 Å². The third kappa shape index (κ3) is 3.11. The van der Waals surface area contributed by atoms with Gasteiger partial charge in [-0.05, 0) is 33.1 Å². The van der Waals surface area contributed by atoms with E-state index in [1.807, 2.05) is 13.8 Å². The van der Waals surface area contributed by atoms with Crippen LogP contribution >= 0.6 is 11.3 Å². The first-order chi connectivity index (χ1) is 11.1. The van der Waals surface area contributed by atoms with Crippen LogP contribution in [-0.4, -0.2) is 29.2 Å². The summed E-state index contributed by atoms with van der Waals surface area (Å²) in [6, 6.07) is 0.196. The fraction of sp³-hybridized carbons (Fsp3) is 0.765. The molecule has 128 valence electrons. The molecule has 0 saturated heterocycles. The minimum atomic E-state index is -0.0640. The van der Waals surface area contributed by atoms with E-state index in [1.54, 1.807) is 9.95 Å². The lowest BCUT2D eigenvalue weighted by atomic mass is 9.55. The fourth-order valence-electron chi connectivity index (χ4n) is 4.25. The highest BCUT2D eigenvalue weighted by atomic mass is 32.1. The predicted octanol–water partition coefficient (Wildman–Crippen LogP) is 2.46. The van der Waals surface area contributed by atoms with E-state index < -0.39 is 0 Å². The number of nitrogens with one attached hydrogen (secondary N) is 1. The van der Waals surface area contributed by atoms with Crippen molar-refractivity contribution in [3.8, 4) is 0 Å². The Hall–Kier alpha value is -1.14. The molecule has 1 spiro atoms. The maximum absolute atomic E-state index is 12.4. The van der Waals surface area contributed by atoms with Gasteiger partial charge in [0.05, 0.1) is 6.10 Å². The molecule has 3 rings (SSSR count). The minimum Gasteiger partial charge on any atom is -0.378 e. The van der Waals surface area contributed by atoms with Crippen LogP contribution in [0.4, 0.5) is 0 Å². The van der Waals surface area contributed by atoms with Crippen molar-refractivity contribution in [2.24, 2.45) is 5.41 Å². The normalized spacial score (nSPS) is 26.0. The van der Waals surface area contributed by atoms with Crippen LogP contribution in [0.25, 0.3) is 0 Å². The summed E-state index contributed by atoms with van der Waals surface area (Å²) >= 11 is 1.15. The van der Waals surface area contributed by atoms with Crippen molar-refractivity contribution in [1.82, 2.24) is 9.88 Å². The molecular weight excluding hydrogens is 312 g/mol. The molecule has 23 heavy (non-hydrogen) atoms. The third-order valence-corrected chi connectivity index (χ3v) is 6.43. The number of carbonyl (C=O) groups excluding carboxylic acids is 1. The lowest BCUT2D eigenvalue weighted by Gasteiger charge is -2.57. The van der Waals surface area contributed by atoms with Crippen molar-refractivity contribution < 1.29 is 9.53 Å². The van der Waals surface area contributed by atoms with Gasteiger partial charge in [0.1, 0.15) is 6.54 Å². The largest absolute Gasteiger partial charge is 0.378 e. The van der Waals surface area contributed by atoms with E-state index in [0.29, 0.717) is 0 Å². The van der Waals surface area contributed by atoms with Crippen LogP contribution in [0.2, 0.25) is 0 Å². The molecule has 1 heterocycles. The van der Waals surface area contributed by atoms with Crippen molar-refractivity contribution in [2.75, 3.05) is 6.61 Å². The van der Waals surface area contributed by atoms with Crippen LogP contribution in [0.3, 0.4) is 0 Å². The summed E-state index contributed by atoms with van der Waals surface area (Å²) in [6.07, 6.45) is 7.18. The molecule has 6 heteroatoms. The molecule has 1 aromatic heterocycles. The summed E-state index contributed by atoms with van der Waals surface area (Å²) in [6.45, 7) is 4.76. The number of amides is 1. The van der Waals surface area contributed by atoms with E-state index in [9.17, 15) is 9.59 Å². The van der Waals surface area contributed by atoms with Gasteiger partial charge < -0.3 is 10.1 Å². The second kappa shape index (κ2) is 6.77. The van der Waals surface area contributed by atoms with Crippen LogP contribution in [0.15, 0.2) is 10.2 Å². The van der Waals surface area contributed by atoms with Crippen LogP contribution in [0.1, 0.15) is 51.1 Å². The van der Waals surface area contributed by atoms with Gasteiger partial charge in [0.15, 0.2) is 0 Å². The van der Waals surface area contributed by atoms with E-state index in [-0.39, 0.29) is 34.9 Å². The third-order valence-electron chi connectivity index (χ3n) is 5.55. The molecule has 2 saturated carbocycles. The SMILES string of the molecule is CCO[C@H]1C[C@H](NC(=O)Cn2c(C)csc2=O)C12CCCCC2. The van der Waals surface area contributed by atoms with E-state index in [2.05, 4.69) is 5.32 Å². The van der Waals surface area contributed by atoms with Crippen molar-refractivity contribution in [2.45, 2.75) is 71.1 Å². The first kappa shape index (κ1) is 16.7. The Morgan fingerprint density at radius 1 is 1.43 bits per heavy atom. The van der Waals surface area contributed by atoms with Crippen LogP contribution < -0.4 is 10.2 Å². The Bertz CT molecular complexity index is 616. The van der Waals surface area contributed by atoms with Gasteiger partial charge in [-0.15, -0.1) is 0 Å². The van der Waals surface area contributed by atoms with Gasteiger partial charge in [-0.2, -0.15) is 0 Å². The quantitative estimate of drug-likeness (QED) is 0.897. The molecule has 1 amide bonds.